The fourth-order valence-electron chi connectivity index (χ4n) is 4.92. The molecule has 0 aliphatic carbocycles. The maximum absolute atomic E-state index is 12.5. The number of hydrogen-bond donors (Lipinski definition) is 4. The number of nitrogens with zero attached hydrogens (tertiary/aromatic N) is 4. The molecule has 3 aromatic rings. The second kappa shape index (κ2) is 12.0. The number of fused-ring (bicyclic) bond motifs is 1. The fraction of sp³-hybridized carbons (Fsp3) is 0.552. The lowest BCUT2D eigenvalue weighted by atomic mass is 9.87. The van der Waals surface area contributed by atoms with E-state index in [9.17, 15) is 15.0 Å². The van der Waals surface area contributed by atoms with Crippen LogP contribution < -0.4 is 11.1 Å². The molecule has 1 fully saturated rings. The Kier molecular flexibility index (Phi) is 8.90. The Bertz CT molecular complexity index is 1250. The molecule has 0 spiro atoms. The third-order valence-electron chi connectivity index (χ3n) is 7.38. The third-order valence-corrected chi connectivity index (χ3v) is 7.38. The van der Waals surface area contributed by atoms with Gasteiger partial charge in [-0.3, -0.25) is 14.3 Å². The first-order chi connectivity index (χ1) is 18.5. The molecule has 2 aromatic heterocycles. The second-order valence-corrected chi connectivity index (χ2v) is 11.7. The molecule has 0 unspecified atom stereocenters. The summed E-state index contributed by atoms with van der Waals surface area (Å²) < 4.78 is 7.76. The highest BCUT2D eigenvalue weighted by atomic mass is 16.6. The van der Waals surface area contributed by atoms with Crippen molar-refractivity contribution in [2.24, 2.45) is 0 Å². The standard InChI is InChI=1S/C29H42N6O4/c1-18(2)34(15-7-6-8-23(36)33-20-11-9-19(10-12-20)29(3,4)5)16-22-25(37)26(38)28(39-22)35-17-32-24-21(30)13-14-31-27(24)35/h9-14,17-18,22,25-26,28,37-38H,6-8,15-16H2,1-5H3,(H2,30,31)(H,33,36)/t22-,25-,26-,28-/m1/s1. The molecule has 212 valence electrons. The van der Waals surface area contributed by atoms with E-state index < -0.39 is 24.5 Å². The molecule has 1 aliphatic rings. The monoisotopic (exact) mass is 538 g/mol. The van der Waals surface area contributed by atoms with E-state index in [2.05, 4.69) is 66.9 Å². The highest BCUT2D eigenvalue weighted by molar-refractivity contribution is 5.90. The fourth-order valence-corrected chi connectivity index (χ4v) is 4.92. The SMILES string of the molecule is CC(C)N(CCCCC(=O)Nc1ccc(C(C)(C)C)cc1)C[C@H]1O[C@@H](n2cnc3c(N)ccnc32)[C@H](O)[C@@H]1O. The number of amides is 1. The Balaban J connectivity index is 1.27. The van der Waals surface area contributed by atoms with E-state index in [0.717, 1.165) is 25.1 Å². The molecule has 0 radical (unpaired) electrons. The number of anilines is 2. The number of ether oxygens (including phenoxy) is 1. The van der Waals surface area contributed by atoms with E-state index in [1.807, 2.05) is 12.1 Å². The zero-order valence-corrected chi connectivity index (χ0v) is 23.5. The van der Waals surface area contributed by atoms with Crippen LogP contribution in [0.2, 0.25) is 0 Å². The van der Waals surface area contributed by atoms with E-state index in [1.165, 1.54) is 11.9 Å². The maximum Gasteiger partial charge on any atom is 0.224 e. The van der Waals surface area contributed by atoms with Crippen molar-refractivity contribution in [3.05, 3.63) is 48.4 Å². The van der Waals surface area contributed by atoms with Gasteiger partial charge in [-0.25, -0.2) is 9.97 Å². The van der Waals surface area contributed by atoms with E-state index in [-0.39, 0.29) is 17.4 Å². The highest BCUT2D eigenvalue weighted by Crippen LogP contribution is 2.33. The molecule has 4 atom stereocenters. The summed E-state index contributed by atoms with van der Waals surface area (Å²) in [6, 6.07) is 9.87. The second-order valence-electron chi connectivity index (χ2n) is 11.7. The summed E-state index contributed by atoms with van der Waals surface area (Å²) >= 11 is 0. The number of unbranched alkanes of at least 4 members (excludes halogenated alkanes) is 1. The van der Waals surface area contributed by atoms with Crippen LogP contribution in [0.5, 0.6) is 0 Å². The van der Waals surface area contributed by atoms with E-state index in [0.29, 0.717) is 29.8 Å². The van der Waals surface area contributed by atoms with Gasteiger partial charge < -0.3 is 26.0 Å². The van der Waals surface area contributed by atoms with Gasteiger partial charge in [-0.2, -0.15) is 0 Å². The van der Waals surface area contributed by atoms with Gasteiger partial charge in [0.25, 0.3) is 0 Å². The van der Waals surface area contributed by atoms with Gasteiger partial charge in [-0.15, -0.1) is 0 Å². The van der Waals surface area contributed by atoms with Crippen LogP contribution >= 0.6 is 0 Å². The van der Waals surface area contributed by atoms with Crippen LogP contribution in [0.1, 0.15) is 65.7 Å². The minimum absolute atomic E-state index is 0.00285. The summed E-state index contributed by atoms with van der Waals surface area (Å²) in [5.41, 5.74) is 9.61. The van der Waals surface area contributed by atoms with Crippen molar-refractivity contribution in [2.45, 2.75) is 89.9 Å². The quantitative estimate of drug-likeness (QED) is 0.288. The summed E-state index contributed by atoms with van der Waals surface area (Å²) in [5, 5.41) is 24.6. The Labute approximate surface area is 230 Å². The molecular formula is C29H42N6O4. The average Bonchev–Trinajstić information content (AvgIpc) is 3.42. The van der Waals surface area contributed by atoms with Gasteiger partial charge in [0.1, 0.15) is 23.8 Å². The Morgan fingerprint density at radius 2 is 1.85 bits per heavy atom. The zero-order chi connectivity index (χ0) is 28.3. The van der Waals surface area contributed by atoms with Crippen molar-refractivity contribution in [3.63, 3.8) is 0 Å². The molecule has 1 saturated heterocycles. The van der Waals surface area contributed by atoms with Crippen LogP contribution in [0.3, 0.4) is 0 Å². The number of rotatable bonds is 10. The molecule has 3 heterocycles. The number of aliphatic hydroxyl groups is 2. The molecule has 1 aliphatic heterocycles. The van der Waals surface area contributed by atoms with Crippen molar-refractivity contribution < 1.29 is 19.7 Å². The smallest absolute Gasteiger partial charge is 0.224 e. The van der Waals surface area contributed by atoms with Crippen LogP contribution in [0.25, 0.3) is 11.2 Å². The minimum Gasteiger partial charge on any atom is -0.397 e. The number of aromatic nitrogens is 3. The van der Waals surface area contributed by atoms with Gasteiger partial charge in [0.2, 0.25) is 5.91 Å². The topological polar surface area (TPSA) is 139 Å². The molecule has 0 bridgehead atoms. The average molecular weight is 539 g/mol. The lowest BCUT2D eigenvalue weighted by molar-refractivity contribution is -0.116. The van der Waals surface area contributed by atoms with Crippen molar-refractivity contribution in [1.29, 1.82) is 0 Å². The predicted octanol–water partition coefficient (Wildman–Crippen LogP) is 3.45. The van der Waals surface area contributed by atoms with Crippen molar-refractivity contribution in [2.75, 3.05) is 24.1 Å². The van der Waals surface area contributed by atoms with Crippen LogP contribution in [0.4, 0.5) is 11.4 Å². The van der Waals surface area contributed by atoms with Gasteiger partial charge >= 0.3 is 0 Å². The van der Waals surface area contributed by atoms with Gasteiger partial charge in [0, 0.05) is 30.9 Å². The summed E-state index contributed by atoms with van der Waals surface area (Å²) in [7, 11) is 0. The Morgan fingerprint density at radius 3 is 2.51 bits per heavy atom. The Morgan fingerprint density at radius 1 is 1.13 bits per heavy atom. The number of benzene rings is 1. The van der Waals surface area contributed by atoms with E-state index in [4.69, 9.17) is 10.5 Å². The number of pyridine rings is 1. The molecular weight excluding hydrogens is 496 g/mol. The third kappa shape index (κ3) is 6.75. The molecule has 10 heteroatoms. The lowest BCUT2D eigenvalue weighted by Crippen LogP contribution is -2.43. The maximum atomic E-state index is 12.5. The zero-order valence-electron chi connectivity index (χ0n) is 23.5. The number of carbonyl (C=O) groups is 1. The number of aliphatic hydroxyl groups excluding tert-OH is 2. The van der Waals surface area contributed by atoms with E-state index in [1.54, 1.807) is 16.8 Å². The molecule has 39 heavy (non-hydrogen) atoms. The van der Waals surface area contributed by atoms with Crippen LogP contribution in [0, 0.1) is 0 Å². The first kappa shape index (κ1) is 28.9. The van der Waals surface area contributed by atoms with Crippen LogP contribution in [-0.2, 0) is 14.9 Å². The first-order valence-electron chi connectivity index (χ1n) is 13.7. The van der Waals surface area contributed by atoms with Crippen molar-refractivity contribution in [1.82, 2.24) is 19.4 Å². The largest absolute Gasteiger partial charge is 0.397 e. The molecule has 4 rings (SSSR count). The molecule has 1 aromatic carbocycles. The lowest BCUT2D eigenvalue weighted by Gasteiger charge is -2.30. The normalized spacial score (nSPS) is 21.8. The molecule has 1 amide bonds. The highest BCUT2D eigenvalue weighted by Gasteiger charge is 2.45. The summed E-state index contributed by atoms with van der Waals surface area (Å²) in [4.78, 5) is 23.3. The van der Waals surface area contributed by atoms with Gasteiger partial charge in [-0.05, 0) is 62.4 Å². The number of carbonyl (C=O) groups excluding carboxylic acids is 1. The summed E-state index contributed by atoms with van der Waals surface area (Å²) in [6.07, 6.45) is 1.48. The Hall–Kier alpha value is -3.05. The number of nitrogens with two attached hydrogens (primary N) is 1. The first-order valence-corrected chi connectivity index (χ1v) is 13.7. The predicted molar refractivity (Wildman–Crippen MR) is 152 cm³/mol. The summed E-state index contributed by atoms with van der Waals surface area (Å²) in [5.74, 6) is -0.00285. The van der Waals surface area contributed by atoms with Crippen LogP contribution in [-0.4, -0.2) is 73.0 Å². The molecule has 0 saturated carbocycles. The number of hydrogen-bond acceptors (Lipinski definition) is 8. The van der Waals surface area contributed by atoms with Gasteiger partial charge in [0.15, 0.2) is 11.9 Å². The molecule has 5 N–H and O–H groups in total. The minimum atomic E-state index is -1.13. The number of nitrogens with one attached hydrogen (secondary N) is 1. The number of imidazole rings is 1. The molecule has 10 nitrogen and oxygen atoms in total. The van der Waals surface area contributed by atoms with Crippen molar-refractivity contribution >= 4 is 28.4 Å². The van der Waals surface area contributed by atoms with Gasteiger partial charge in [0.05, 0.1) is 12.0 Å². The van der Waals surface area contributed by atoms with Gasteiger partial charge in [-0.1, -0.05) is 32.9 Å². The van der Waals surface area contributed by atoms with Crippen molar-refractivity contribution in [3.8, 4) is 0 Å². The summed E-state index contributed by atoms with van der Waals surface area (Å²) in [6.45, 7) is 11.8. The van der Waals surface area contributed by atoms with E-state index >= 15 is 0 Å². The van der Waals surface area contributed by atoms with Crippen LogP contribution in [0.15, 0.2) is 42.9 Å². The number of nitrogen functional groups attached to an aromatic ring is 1.